The van der Waals surface area contributed by atoms with Crippen LogP contribution in [0.3, 0.4) is 0 Å². The van der Waals surface area contributed by atoms with Gasteiger partial charge < -0.3 is 49.4 Å². The molecule has 1 saturated heterocycles. The van der Waals surface area contributed by atoms with Gasteiger partial charge in [-0.05, 0) is 54.8 Å². The molecule has 334 valence electrons. The maximum atomic E-state index is 15.5. The molecule has 0 radical (unpaired) electrons. The normalized spacial score (nSPS) is 32.7. The molecule has 2 bridgehead atoms. The van der Waals surface area contributed by atoms with Crippen molar-refractivity contribution < 1.29 is 72.9 Å². The van der Waals surface area contributed by atoms with E-state index in [-0.39, 0.29) is 22.3 Å². The van der Waals surface area contributed by atoms with Crippen LogP contribution >= 0.6 is 0 Å². The summed E-state index contributed by atoms with van der Waals surface area (Å²) in [5.74, 6) is -10.1. The number of carbonyl (C=O) groups excluding carboxylic acids is 6. The van der Waals surface area contributed by atoms with E-state index in [2.05, 4.69) is 5.32 Å². The molecule has 11 atom stereocenters. The maximum Gasteiger partial charge on any atom is 0.338 e. The Morgan fingerprint density at radius 1 is 0.794 bits per heavy atom. The molecular weight excluding hydrogens is 819 g/mol. The van der Waals surface area contributed by atoms with E-state index in [1.165, 1.54) is 39.8 Å². The molecular formula is C47H51NO15. The van der Waals surface area contributed by atoms with E-state index in [0.717, 1.165) is 13.8 Å². The first kappa shape index (κ1) is 45.3. The molecule has 3 aliphatic carbocycles. The number of benzene rings is 3. The molecule has 2 saturated carbocycles. The molecule has 5 N–H and O–H groups in total. The number of hydrogen-bond acceptors (Lipinski definition) is 15. The zero-order valence-corrected chi connectivity index (χ0v) is 35.6. The Morgan fingerprint density at radius 3 is 1.90 bits per heavy atom. The predicted molar refractivity (Wildman–Crippen MR) is 219 cm³/mol. The molecule has 63 heavy (non-hydrogen) atoms. The fourth-order valence-corrected chi connectivity index (χ4v) is 10.2. The summed E-state index contributed by atoms with van der Waals surface area (Å²) in [5, 5.41) is 52.3. The molecule has 4 unspecified atom stereocenters. The monoisotopic (exact) mass is 869 g/mol. The molecule has 16 heteroatoms. The number of aliphatic hydroxyl groups is 4. The van der Waals surface area contributed by atoms with Crippen molar-refractivity contribution in [1.29, 1.82) is 0 Å². The van der Waals surface area contributed by atoms with E-state index < -0.39 is 125 Å². The summed E-state index contributed by atoms with van der Waals surface area (Å²) in [5.41, 5.74) is -8.16. The largest absolute Gasteiger partial charge is 0.456 e. The molecule has 7 rings (SSSR count). The highest BCUT2D eigenvalue weighted by Gasteiger charge is 2.82. The second-order valence-electron chi connectivity index (χ2n) is 17.5. The Balaban J connectivity index is 1.40. The van der Waals surface area contributed by atoms with E-state index in [9.17, 15) is 44.4 Å². The highest BCUT2D eigenvalue weighted by molar-refractivity contribution is 5.96. The summed E-state index contributed by atoms with van der Waals surface area (Å²) in [7, 11) is 0. The number of aliphatic hydroxyl groups excluding tert-OH is 2. The van der Waals surface area contributed by atoms with E-state index in [1.54, 1.807) is 78.9 Å². The van der Waals surface area contributed by atoms with Crippen LogP contribution in [-0.4, -0.2) is 110 Å². The van der Waals surface area contributed by atoms with Crippen molar-refractivity contribution in [2.75, 3.05) is 6.61 Å². The van der Waals surface area contributed by atoms with Crippen LogP contribution in [0.2, 0.25) is 0 Å². The van der Waals surface area contributed by atoms with Crippen molar-refractivity contribution in [3.05, 3.63) is 119 Å². The number of nitrogens with one attached hydrogen (secondary N) is 1. The van der Waals surface area contributed by atoms with Crippen molar-refractivity contribution in [3.8, 4) is 0 Å². The molecule has 0 spiro atoms. The molecule has 4 aliphatic rings. The SMILES string of the molecule is CC(=O)OC1C(=O)[C@@]2(C)[C@H]([C@H](OC(=O)c3ccccc3)[C@]3(O)C[C@H](OC(=O)[C@H](O)C(NC(=O)c4ccccc4)c4ccccc4)C(C)=C1C3(C)C)C1(OC(C)=O)COC1(O)C[C@@H]2O. The minimum absolute atomic E-state index is 0.00293. The summed E-state index contributed by atoms with van der Waals surface area (Å²) >= 11 is 0. The van der Waals surface area contributed by atoms with Crippen LogP contribution in [0.1, 0.15) is 86.7 Å². The first-order valence-electron chi connectivity index (χ1n) is 20.6. The van der Waals surface area contributed by atoms with Gasteiger partial charge in [0, 0.05) is 37.7 Å². The quantitative estimate of drug-likeness (QED) is 0.112. The van der Waals surface area contributed by atoms with Crippen LogP contribution in [0.5, 0.6) is 0 Å². The smallest absolute Gasteiger partial charge is 0.338 e. The number of fused-ring (bicyclic) bond motifs is 5. The lowest BCUT2D eigenvalue weighted by atomic mass is 9.44. The molecule has 1 aliphatic heterocycles. The van der Waals surface area contributed by atoms with Gasteiger partial charge >= 0.3 is 23.9 Å². The van der Waals surface area contributed by atoms with Crippen molar-refractivity contribution >= 4 is 35.6 Å². The first-order chi connectivity index (χ1) is 29.6. The fraction of sp³-hybridized carbons (Fsp3) is 0.447. The van der Waals surface area contributed by atoms with Gasteiger partial charge in [-0.1, -0.05) is 80.6 Å². The van der Waals surface area contributed by atoms with Crippen LogP contribution in [0.25, 0.3) is 0 Å². The van der Waals surface area contributed by atoms with Crippen LogP contribution in [-0.2, 0) is 42.9 Å². The summed E-state index contributed by atoms with van der Waals surface area (Å²) < 4.78 is 29.7. The van der Waals surface area contributed by atoms with Gasteiger partial charge in [0.15, 0.2) is 23.6 Å². The summed E-state index contributed by atoms with van der Waals surface area (Å²) in [6.07, 6.45) is -10.7. The Morgan fingerprint density at radius 2 is 1.37 bits per heavy atom. The van der Waals surface area contributed by atoms with Crippen LogP contribution in [0.4, 0.5) is 0 Å². The summed E-state index contributed by atoms with van der Waals surface area (Å²) in [6, 6.07) is 22.5. The lowest BCUT2D eigenvalue weighted by Gasteiger charge is -2.69. The average Bonchev–Trinajstić information content (AvgIpc) is 3.25. The minimum Gasteiger partial charge on any atom is -0.456 e. The standard InChI is InChI=1S/C47H51NO15/c1-25-31(61-42(56)35(52)34(28-16-10-7-11-17-28)48-40(54)29-18-12-8-13-19-29)22-45(57)39(62-41(55)30-20-14-9-15-21-30)37-44(6,38(53)36(60-26(2)49)33(25)43(45,4)5)32(51)23-47(58)46(37,24-59-47)63-27(3)50/h7-21,31-32,34-37,39,51-52,57-58H,22-24H2,1-6H3,(H,48,54)/t31-,32-,34?,35+,36?,37-,39-,44+,45+,46?,47?/m0/s1. The Bertz CT molecular complexity index is 2340. The second kappa shape index (κ2) is 16.4. The van der Waals surface area contributed by atoms with Crippen LogP contribution < -0.4 is 5.32 Å². The first-order valence-corrected chi connectivity index (χ1v) is 20.6. The minimum atomic E-state index is -2.52. The Kier molecular flexibility index (Phi) is 11.8. The topological polar surface area (TPSA) is 242 Å². The third-order valence-electron chi connectivity index (χ3n) is 13.6. The van der Waals surface area contributed by atoms with Gasteiger partial charge in [0.05, 0.1) is 35.6 Å². The van der Waals surface area contributed by atoms with Gasteiger partial charge in [-0.25, -0.2) is 9.59 Å². The van der Waals surface area contributed by atoms with Gasteiger partial charge in [-0.3, -0.25) is 19.2 Å². The zero-order chi connectivity index (χ0) is 45.9. The number of hydrogen-bond donors (Lipinski definition) is 5. The van der Waals surface area contributed by atoms with Crippen molar-refractivity contribution in [2.45, 2.75) is 108 Å². The number of ether oxygens (including phenoxy) is 5. The highest BCUT2D eigenvalue weighted by Crippen LogP contribution is 2.66. The number of amides is 1. The Hall–Kier alpha value is -5.78. The zero-order valence-electron chi connectivity index (χ0n) is 35.6. The lowest BCUT2D eigenvalue weighted by molar-refractivity contribution is -0.453. The number of ketones is 1. The van der Waals surface area contributed by atoms with Crippen LogP contribution in [0, 0.1) is 16.7 Å². The predicted octanol–water partition coefficient (Wildman–Crippen LogP) is 3.06. The second-order valence-corrected chi connectivity index (χ2v) is 17.5. The van der Waals surface area contributed by atoms with Crippen molar-refractivity contribution in [1.82, 2.24) is 5.32 Å². The van der Waals surface area contributed by atoms with E-state index >= 15 is 4.79 Å². The van der Waals surface area contributed by atoms with Crippen molar-refractivity contribution in [2.24, 2.45) is 16.7 Å². The molecule has 0 aromatic heterocycles. The number of carbonyl (C=O) groups is 6. The van der Waals surface area contributed by atoms with Gasteiger partial charge in [-0.15, -0.1) is 0 Å². The average molecular weight is 870 g/mol. The third kappa shape index (κ3) is 7.32. The molecule has 3 fully saturated rings. The molecule has 3 aromatic rings. The summed E-state index contributed by atoms with van der Waals surface area (Å²) in [4.78, 5) is 83.5. The number of rotatable bonds is 10. The summed E-state index contributed by atoms with van der Waals surface area (Å²) in [6.45, 7) is 7.29. The molecule has 3 aromatic carbocycles. The Labute approximate surface area is 363 Å². The fourth-order valence-electron chi connectivity index (χ4n) is 10.2. The van der Waals surface area contributed by atoms with E-state index in [1.807, 2.05) is 0 Å². The van der Waals surface area contributed by atoms with Crippen LogP contribution in [0.15, 0.2) is 102 Å². The van der Waals surface area contributed by atoms with Gasteiger partial charge in [0.25, 0.3) is 5.91 Å². The van der Waals surface area contributed by atoms with Crippen molar-refractivity contribution in [3.63, 3.8) is 0 Å². The van der Waals surface area contributed by atoms with Gasteiger partial charge in [-0.2, -0.15) is 0 Å². The molecule has 16 nitrogen and oxygen atoms in total. The van der Waals surface area contributed by atoms with Gasteiger partial charge in [0.1, 0.15) is 17.8 Å². The number of Topliss-reactive ketones (excluding diaryl/α,β-unsaturated/α-hetero) is 1. The maximum absolute atomic E-state index is 15.5. The molecule has 1 heterocycles. The van der Waals surface area contributed by atoms with E-state index in [0.29, 0.717) is 5.56 Å². The lowest BCUT2D eigenvalue weighted by Crippen LogP contribution is -2.86. The highest BCUT2D eigenvalue weighted by atomic mass is 16.7. The molecule has 1 amide bonds. The third-order valence-corrected chi connectivity index (χ3v) is 13.6. The van der Waals surface area contributed by atoms with Gasteiger partial charge in [0.2, 0.25) is 5.79 Å². The van der Waals surface area contributed by atoms with E-state index in [4.69, 9.17) is 23.7 Å². The number of esters is 4.